The lowest BCUT2D eigenvalue weighted by molar-refractivity contribution is 0.0946. The first-order chi connectivity index (χ1) is 9.72. The Labute approximate surface area is 116 Å². The summed E-state index contributed by atoms with van der Waals surface area (Å²) in [6.45, 7) is 0.432. The summed E-state index contributed by atoms with van der Waals surface area (Å²) in [5.74, 6) is 5.79. The summed E-state index contributed by atoms with van der Waals surface area (Å²) in [5.41, 5.74) is 4.44. The molecule has 6 nitrogen and oxygen atoms in total. The normalized spacial score (nSPS) is 9.90. The van der Waals surface area contributed by atoms with Crippen LogP contribution in [0.1, 0.15) is 16.1 Å². The van der Waals surface area contributed by atoms with E-state index in [2.05, 4.69) is 15.7 Å². The van der Waals surface area contributed by atoms with Crippen molar-refractivity contribution in [3.05, 3.63) is 53.9 Å². The van der Waals surface area contributed by atoms with Crippen LogP contribution in [0.15, 0.2) is 42.6 Å². The number of anilines is 1. The van der Waals surface area contributed by atoms with Crippen molar-refractivity contribution >= 4 is 11.6 Å². The molecule has 1 aromatic heterocycles. The summed E-state index contributed by atoms with van der Waals surface area (Å²) in [6, 6.07) is 10.8. The SMILES string of the molecule is COc1ccc(CNC(=O)c2ccc(NN)cn2)cc1. The summed E-state index contributed by atoms with van der Waals surface area (Å²) in [7, 11) is 1.61. The number of carbonyl (C=O) groups excluding carboxylic acids is 1. The Morgan fingerprint density at radius 2 is 2.00 bits per heavy atom. The first-order valence-electron chi connectivity index (χ1n) is 6.06. The van der Waals surface area contributed by atoms with Gasteiger partial charge in [0.2, 0.25) is 0 Å². The van der Waals surface area contributed by atoms with Crippen LogP contribution in [0.3, 0.4) is 0 Å². The van der Waals surface area contributed by atoms with E-state index in [4.69, 9.17) is 10.6 Å². The van der Waals surface area contributed by atoms with E-state index in [1.165, 1.54) is 6.20 Å². The predicted molar refractivity (Wildman–Crippen MR) is 76.2 cm³/mol. The van der Waals surface area contributed by atoms with Gasteiger partial charge in [0, 0.05) is 6.54 Å². The molecule has 0 aliphatic heterocycles. The maximum atomic E-state index is 11.9. The number of ether oxygens (including phenoxy) is 1. The fourth-order valence-corrected chi connectivity index (χ4v) is 1.63. The Kier molecular flexibility index (Phi) is 4.52. The van der Waals surface area contributed by atoms with Crippen LogP contribution in [0.4, 0.5) is 5.69 Å². The number of hydrazine groups is 1. The van der Waals surface area contributed by atoms with Gasteiger partial charge in [0.1, 0.15) is 11.4 Å². The Balaban J connectivity index is 1.93. The van der Waals surface area contributed by atoms with Crippen LogP contribution in [0, 0.1) is 0 Å². The first kappa shape index (κ1) is 13.8. The monoisotopic (exact) mass is 272 g/mol. The van der Waals surface area contributed by atoms with Crippen molar-refractivity contribution < 1.29 is 9.53 Å². The van der Waals surface area contributed by atoms with E-state index in [0.29, 0.717) is 17.9 Å². The van der Waals surface area contributed by atoms with E-state index < -0.39 is 0 Å². The third-order valence-electron chi connectivity index (χ3n) is 2.77. The molecule has 0 unspecified atom stereocenters. The van der Waals surface area contributed by atoms with Gasteiger partial charge in [-0.3, -0.25) is 10.6 Å². The van der Waals surface area contributed by atoms with Crippen LogP contribution in [0.2, 0.25) is 0 Å². The van der Waals surface area contributed by atoms with Crippen molar-refractivity contribution in [3.8, 4) is 5.75 Å². The van der Waals surface area contributed by atoms with Crippen molar-refractivity contribution in [1.82, 2.24) is 10.3 Å². The standard InChI is InChI=1S/C14H16N4O2/c1-20-12-5-2-10(3-6-12)8-17-14(19)13-7-4-11(18-15)9-16-13/h2-7,9,18H,8,15H2,1H3,(H,17,19). The van der Waals surface area contributed by atoms with E-state index in [1.54, 1.807) is 19.2 Å². The molecule has 0 bridgehead atoms. The Bertz CT molecular complexity index is 567. The number of aromatic nitrogens is 1. The number of pyridine rings is 1. The molecule has 0 fully saturated rings. The average molecular weight is 272 g/mol. The van der Waals surface area contributed by atoms with E-state index in [0.717, 1.165) is 11.3 Å². The number of nitrogen functional groups attached to an aromatic ring is 1. The second-order valence-corrected chi connectivity index (χ2v) is 4.11. The molecule has 2 aromatic rings. The van der Waals surface area contributed by atoms with Gasteiger partial charge in [-0.25, -0.2) is 4.98 Å². The van der Waals surface area contributed by atoms with Crippen LogP contribution >= 0.6 is 0 Å². The number of benzene rings is 1. The van der Waals surface area contributed by atoms with Crippen molar-refractivity contribution in [3.63, 3.8) is 0 Å². The first-order valence-corrected chi connectivity index (χ1v) is 6.06. The summed E-state index contributed by atoms with van der Waals surface area (Å²) >= 11 is 0. The second kappa shape index (κ2) is 6.53. The molecule has 1 heterocycles. The summed E-state index contributed by atoms with van der Waals surface area (Å²) in [6.07, 6.45) is 1.50. The molecule has 4 N–H and O–H groups in total. The zero-order valence-corrected chi connectivity index (χ0v) is 11.1. The highest BCUT2D eigenvalue weighted by atomic mass is 16.5. The molecular weight excluding hydrogens is 256 g/mol. The largest absolute Gasteiger partial charge is 0.497 e. The zero-order chi connectivity index (χ0) is 14.4. The molecule has 0 atom stereocenters. The second-order valence-electron chi connectivity index (χ2n) is 4.11. The summed E-state index contributed by atoms with van der Waals surface area (Å²) in [4.78, 5) is 15.9. The molecule has 0 aliphatic carbocycles. The summed E-state index contributed by atoms with van der Waals surface area (Å²) < 4.78 is 5.07. The highest BCUT2D eigenvalue weighted by molar-refractivity contribution is 5.92. The van der Waals surface area contributed by atoms with Crippen molar-refractivity contribution in [1.29, 1.82) is 0 Å². The maximum Gasteiger partial charge on any atom is 0.270 e. The minimum absolute atomic E-state index is 0.232. The van der Waals surface area contributed by atoms with Gasteiger partial charge in [0.15, 0.2) is 0 Å². The fourth-order valence-electron chi connectivity index (χ4n) is 1.63. The molecule has 0 radical (unpaired) electrons. The lowest BCUT2D eigenvalue weighted by Gasteiger charge is -2.06. The fraction of sp³-hybridized carbons (Fsp3) is 0.143. The number of amides is 1. The van der Waals surface area contributed by atoms with Gasteiger partial charge >= 0.3 is 0 Å². The topological polar surface area (TPSA) is 89.3 Å². The Morgan fingerprint density at radius 3 is 2.55 bits per heavy atom. The quantitative estimate of drug-likeness (QED) is 0.564. The van der Waals surface area contributed by atoms with Crippen LogP contribution in [-0.2, 0) is 6.54 Å². The van der Waals surface area contributed by atoms with E-state index in [9.17, 15) is 4.79 Å². The van der Waals surface area contributed by atoms with E-state index >= 15 is 0 Å². The number of methoxy groups -OCH3 is 1. The molecule has 2 rings (SSSR count). The van der Waals surface area contributed by atoms with Crippen LogP contribution in [0.25, 0.3) is 0 Å². The van der Waals surface area contributed by atoms with Crippen molar-refractivity contribution in [2.45, 2.75) is 6.54 Å². The number of nitrogens with zero attached hydrogens (tertiary/aromatic N) is 1. The zero-order valence-electron chi connectivity index (χ0n) is 11.1. The van der Waals surface area contributed by atoms with Crippen LogP contribution < -0.4 is 21.3 Å². The Morgan fingerprint density at radius 1 is 1.25 bits per heavy atom. The number of carbonyl (C=O) groups is 1. The highest BCUT2D eigenvalue weighted by Crippen LogP contribution is 2.11. The minimum Gasteiger partial charge on any atom is -0.497 e. The number of nitrogens with one attached hydrogen (secondary N) is 2. The average Bonchev–Trinajstić information content (AvgIpc) is 2.53. The number of rotatable bonds is 5. The van der Waals surface area contributed by atoms with Gasteiger partial charge in [-0.05, 0) is 29.8 Å². The molecule has 1 aromatic carbocycles. The molecule has 104 valence electrons. The smallest absolute Gasteiger partial charge is 0.270 e. The summed E-state index contributed by atoms with van der Waals surface area (Å²) in [5, 5.41) is 2.80. The molecule has 0 saturated carbocycles. The lowest BCUT2D eigenvalue weighted by Crippen LogP contribution is -2.23. The van der Waals surface area contributed by atoms with Crippen LogP contribution in [-0.4, -0.2) is 18.0 Å². The molecule has 0 spiro atoms. The Hall–Kier alpha value is -2.60. The van der Waals surface area contributed by atoms with Gasteiger partial charge in [-0.2, -0.15) is 0 Å². The molecule has 20 heavy (non-hydrogen) atoms. The van der Waals surface area contributed by atoms with E-state index in [-0.39, 0.29) is 5.91 Å². The number of hydrogen-bond acceptors (Lipinski definition) is 5. The van der Waals surface area contributed by atoms with Crippen molar-refractivity contribution in [2.24, 2.45) is 5.84 Å². The number of hydrogen-bond donors (Lipinski definition) is 3. The minimum atomic E-state index is -0.232. The van der Waals surface area contributed by atoms with Gasteiger partial charge in [-0.15, -0.1) is 0 Å². The van der Waals surface area contributed by atoms with Gasteiger partial charge in [0.25, 0.3) is 5.91 Å². The van der Waals surface area contributed by atoms with Crippen LogP contribution in [0.5, 0.6) is 5.75 Å². The molecule has 0 saturated heterocycles. The predicted octanol–water partition coefficient (Wildman–Crippen LogP) is 1.31. The highest BCUT2D eigenvalue weighted by Gasteiger charge is 2.06. The third-order valence-corrected chi connectivity index (χ3v) is 2.77. The number of nitrogens with two attached hydrogens (primary N) is 1. The van der Waals surface area contributed by atoms with Crippen molar-refractivity contribution in [2.75, 3.05) is 12.5 Å². The molecule has 0 aliphatic rings. The third kappa shape index (κ3) is 3.46. The van der Waals surface area contributed by atoms with Gasteiger partial charge in [-0.1, -0.05) is 12.1 Å². The molecule has 6 heteroatoms. The molecular formula is C14H16N4O2. The lowest BCUT2D eigenvalue weighted by atomic mass is 10.2. The van der Waals surface area contributed by atoms with Gasteiger partial charge < -0.3 is 15.5 Å². The maximum absolute atomic E-state index is 11.9. The van der Waals surface area contributed by atoms with Gasteiger partial charge in [0.05, 0.1) is 19.0 Å². The van der Waals surface area contributed by atoms with E-state index in [1.807, 2.05) is 24.3 Å². The molecule has 1 amide bonds.